The van der Waals surface area contributed by atoms with E-state index in [0.717, 1.165) is 33.7 Å². The molecule has 6 nitrogen and oxygen atoms in total. The van der Waals surface area contributed by atoms with Gasteiger partial charge in [-0.15, -0.1) is 0 Å². The normalized spacial score (nSPS) is 10.7. The Labute approximate surface area is 174 Å². The number of rotatable bonds is 7. The first kappa shape index (κ1) is 19.5. The standard InChI is InChI=1S/C24H23N3O3/c1-29-21-13-7-16(15-22(21)30-2)8-14-23(28)25-18-11-9-17(10-12-18)24-26-19-5-3-4-6-20(19)27-24/h3-7,9-13,15H,8,14H2,1-2H3,(H,25,28)(H,26,27). The Morgan fingerprint density at radius 1 is 0.967 bits per heavy atom. The molecule has 152 valence electrons. The highest BCUT2D eigenvalue weighted by Crippen LogP contribution is 2.28. The van der Waals surface area contributed by atoms with E-state index in [1.165, 1.54) is 0 Å². The van der Waals surface area contributed by atoms with Crippen LogP contribution in [0.15, 0.2) is 66.7 Å². The second-order valence-corrected chi connectivity index (χ2v) is 6.92. The topological polar surface area (TPSA) is 76.2 Å². The molecule has 30 heavy (non-hydrogen) atoms. The predicted molar refractivity (Wildman–Crippen MR) is 118 cm³/mol. The summed E-state index contributed by atoms with van der Waals surface area (Å²) in [5.74, 6) is 2.11. The van der Waals surface area contributed by atoms with Crippen LogP contribution in [0.5, 0.6) is 11.5 Å². The van der Waals surface area contributed by atoms with Crippen LogP contribution in [0.2, 0.25) is 0 Å². The molecule has 0 atom stereocenters. The van der Waals surface area contributed by atoms with Crippen molar-refractivity contribution in [1.29, 1.82) is 0 Å². The molecule has 1 aromatic heterocycles. The SMILES string of the molecule is COc1ccc(CCC(=O)Nc2ccc(-c3nc4ccccc4[nH]3)cc2)cc1OC. The number of aromatic nitrogens is 2. The lowest BCUT2D eigenvalue weighted by Crippen LogP contribution is -2.12. The minimum atomic E-state index is -0.0405. The van der Waals surface area contributed by atoms with Crippen LogP contribution >= 0.6 is 0 Å². The van der Waals surface area contributed by atoms with Crippen LogP contribution in [0, 0.1) is 0 Å². The highest BCUT2D eigenvalue weighted by Gasteiger charge is 2.09. The lowest BCUT2D eigenvalue weighted by molar-refractivity contribution is -0.116. The fourth-order valence-electron chi connectivity index (χ4n) is 3.32. The number of methoxy groups -OCH3 is 2. The van der Waals surface area contributed by atoms with Gasteiger partial charge in [-0.05, 0) is 60.5 Å². The largest absolute Gasteiger partial charge is 0.493 e. The van der Waals surface area contributed by atoms with Gasteiger partial charge in [-0.2, -0.15) is 0 Å². The number of imidazole rings is 1. The zero-order valence-corrected chi connectivity index (χ0v) is 16.9. The number of anilines is 1. The molecule has 6 heteroatoms. The van der Waals surface area contributed by atoms with Gasteiger partial charge in [0, 0.05) is 17.7 Å². The van der Waals surface area contributed by atoms with Crippen molar-refractivity contribution in [3.05, 3.63) is 72.3 Å². The molecule has 0 aliphatic rings. The molecule has 0 aliphatic carbocycles. The summed E-state index contributed by atoms with van der Waals surface area (Å²) in [6, 6.07) is 21.3. The molecule has 0 unspecified atom stereocenters. The van der Waals surface area contributed by atoms with Gasteiger partial charge < -0.3 is 19.8 Å². The van der Waals surface area contributed by atoms with E-state index in [0.29, 0.717) is 24.3 Å². The molecule has 0 bridgehead atoms. The van der Waals surface area contributed by atoms with Crippen LogP contribution in [-0.4, -0.2) is 30.1 Å². The van der Waals surface area contributed by atoms with E-state index in [9.17, 15) is 4.79 Å². The number of benzene rings is 3. The van der Waals surface area contributed by atoms with Gasteiger partial charge in [0.25, 0.3) is 0 Å². The number of H-pyrrole nitrogens is 1. The minimum absolute atomic E-state index is 0.0405. The van der Waals surface area contributed by atoms with Crippen molar-refractivity contribution >= 4 is 22.6 Å². The first-order chi connectivity index (χ1) is 14.7. The number of aryl methyl sites for hydroxylation is 1. The van der Waals surface area contributed by atoms with Crippen LogP contribution < -0.4 is 14.8 Å². The molecule has 0 radical (unpaired) electrons. The maximum atomic E-state index is 12.4. The molecule has 1 heterocycles. The van der Waals surface area contributed by atoms with E-state index in [2.05, 4.69) is 15.3 Å². The van der Waals surface area contributed by atoms with Crippen LogP contribution in [-0.2, 0) is 11.2 Å². The Morgan fingerprint density at radius 2 is 1.73 bits per heavy atom. The summed E-state index contributed by atoms with van der Waals surface area (Å²) in [4.78, 5) is 20.3. The summed E-state index contributed by atoms with van der Waals surface area (Å²) in [7, 11) is 3.20. The third-order valence-electron chi connectivity index (χ3n) is 4.92. The molecule has 4 rings (SSSR count). The summed E-state index contributed by atoms with van der Waals surface area (Å²) in [5, 5.41) is 2.94. The first-order valence-electron chi connectivity index (χ1n) is 9.72. The molecule has 2 N–H and O–H groups in total. The second kappa shape index (κ2) is 8.69. The van der Waals surface area contributed by atoms with Crippen molar-refractivity contribution in [3.8, 4) is 22.9 Å². The van der Waals surface area contributed by atoms with Crippen LogP contribution in [0.4, 0.5) is 5.69 Å². The Morgan fingerprint density at radius 3 is 2.47 bits per heavy atom. The van der Waals surface area contributed by atoms with Gasteiger partial charge in [0.05, 0.1) is 25.3 Å². The van der Waals surface area contributed by atoms with E-state index in [-0.39, 0.29) is 5.91 Å². The van der Waals surface area contributed by atoms with E-state index in [4.69, 9.17) is 9.47 Å². The van der Waals surface area contributed by atoms with Crippen molar-refractivity contribution in [1.82, 2.24) is 9.97 Å². The highest BCUT2D eigenvalue weighted by atomic mass is 16.5. The van der Waals surface area contributed by atoms with Crippen LogP contribution in [0.25, 0.3) is 22.4 Å². The molecule has 0 aliphatic heterocycles. The number of fused-ring (bicyclic) bond motifs is 1. The number of carbonyl (C=O) groups is 1. The number of nitrogens with one attached hydrogen (secondary N) is 2. The number of hydrogen-bond acceptors (Lipinski definition) is 4. The number of hydrogen-bond donors (Lipinski definition) is 2. The van der Waals surface area contributed by atoms with Crippen molar-refractivity contribution in [2.75, 3.05) is 19.5 Å². The van der Waals surface area contributed by atoms with Crippen LogP contribution in [0.1, 0.15) is 12.0 Å². The number of carbonyl (C=O) groups excluding carboxylic acids is 1. The van der Waals surface area contributed by atoms with E-state index < -0.39 is 0 Å². The van der Waals surface area contributed by atoms with E-state index >= 15 is 0 Å². The van der Waals surface area contributed by atoms with Crippen molar-refractivity contribution in [2.24, 2.45) is 0 Å². The third kappa shape index (κ3) is 4.27. The number of aromatic amines is 1. The number of amides is 1. The van der Waals surface area contributed by atoms with Gasteiger partial charge in [0.1, 0.15) is 5.82 Å². The Hall–Kier alpha value is -3.80. The summed E-state index contributed by atoms with van der Waals surface area (Å²) >= 11 is 0. The number of nitrogens with zero attached hydrogens (tertiary/aromatic N) is 1. The molecule has 0 fully saturated rings. The molecular formula is C24H23N3O3. The Bertz CT molecular complexity index is 1130. The maximum Gasteiger partial charge on any atom is 0.224 e. The van der Waals surface area contributed by atoms with E-state index in [1.807, 2.05) is 66.7 Å². The average molecular weight is 401 g/mol. The molecular weight excluding hydrogens is 378 g/mol. The van der Waals surface area contributed by atoms with E-state index in [1.54, 1.807) is 14.2 Å². The summed E-state index contributed by atoms with van der Waals surface area (Å²) in [6.07, 6.45) is 0.990. The van der Waals surface area contributed by atoms with Gasteiger partial charge in [-0.25, -0.2) is 4.98 Å². The number of ether oxygens (including phenoxy) is 2. The Balaban J connectivity index is 1.37. The quantitative estimate of drug-likeness (QED) is 0.466. The van der Waals surface area contributed by atoms with Gasteiger partial charge >= 0.3 is 0 Å². The van der Waals surface area contributed by atoms with Crippen molar-refractivity contribution < 1.29 is 14.3 Å². The third-order valence-corrected chi connectivity index (χ3v) is 4.92. The fraction of sp³-hybridized carbons (Fsp3) is 0.167. The van der Waals surface area contributed by atoms with Gasteiger partial charge in [-0.3, -0.25) is 4.79 Å². The highest BCUT2D eigenvalue weighted by molar-refractivity contribution is 5.91. The van der Waals surface area contributed by atoms with Gasteiger partial charge in [0.2, 0.25) is 5.91 Å². The zero-order chi connectivity index (χ0) is 20.9. The lowest BCUT2D eigenvalue weighted by Gasteiger charge is -2.10. The van der Waals surface area contributed by atoms with Crippen molar-refractivity contribution in [3.63, 3.8) is 0 Å². The maximum absolute atomic E-state index is 12.4. The molecule has 0 saturated carbocycles. The summed E-state index contributed by atoms with van der Waals surface area (Å²) in [5.41, 5.74) is 4.67. The second-order valence-electron chi connectivity index (χ2n) is 6.92. The first-order valence-corrected chi connectivity index (χ1v) is 9.72. The number of para-hydroxylation sites is 2. The monoisotopic (exact) mass is 401 g/mol. The molecule has 4 aromatic rings. The predicted octanol–water partition coefficient (Wildman–Crippen LogP) is 4.82. The summed E-state index contributed by atoms with van der Waals surface area (Å²) in [6.45, 7) is 0. The lowest BCUT2D eigenvalue weighted by atomic mass is 10.1. The van der Waals surface area contributed by atoms with Gasteiger partial charge in [-0.1, -0.05) is 18.2 Å². The fourth-order valence-corrected chi connectivity index (χ4v) is 3.32. The van der Waals surface area contributed by atoms with Gasteiger partial charge in [0.15, 0.2) is 11.5 Å². The zero-order valence-electron chi connectivity index (χ0n) is 16.9. The molecule has 0 saturated heterocycles. The molecule has 1 amide bonds. The average Bonchev–Trinajstić information content (AvgIpc) is 3.22. The molecule has 0 spiro atoms. The van der Waals surface area contributed by atoms with Crippen LogP contribution in [0.3, 0.4) is 0 Å². The molecule has 3 aromatic carbocycles. The minimum Gasteiger partial charge on any atom is -0.493 e. The Kier molecular flexibility index (Phi) is 5.66. The summed E-state index contributed by atoms with van der Waals surface area (Å²) < 4.78 is 10.6. The smallest absolute Gasteiger partial charge is 0.224 e. The van der Waals surface area contributed by atoms with Crippen molar-refractivity contribution in [2.45, 2.75) is 12.8 Å².